The summed E-state index contributed by atoms with van der Waals surface area (Å²) < 4.78 is 37.0. The van der Waals surface area contributed by atoms with Gasteiger partial charge >= 0.3 is 5.97 Å². The van der Waals surface area contributed by atoms with E-state index in [4.69, 9.17) is 21.1 Å². The van der Waals surface area contributed by atoms with Crippen LogP contribution in [0.5, 0.6) is 0 Å². The lowest BCUT2D eigenvalue weighted by molar-refractivity contribution is -0.161. The Morgan fingerprint density at radius 2 is 1.77 bits per heavy atom. The van der Waals surface area contributed by atoms with Gasteiger partial charge in [-0.3, -0.25) is 9.59 Å². The van der Waals surface area contributed by atoms with Crippen molar-refractivity contribution in [2.24, 2.45) is 0 Å². The van der Waals surface area contributed by atoms with E-state index in [2.05, 4.69) is 4.72 Å². The molecule has 1 aliphatic rings. The van der Waals surface area contributed by atoms with Gasteiger partial charge in [-0.15, -0.1) is 0 Å². The maximum absolute atomic E-state index is 12.3. The summed E-state index contributed by atoms with van der Waals surface area (Å²) in [6.45, 7) is 4.53. The standard InChI is InChI=1S/C16H21ClN2O6S/c1-11(18-26(22,23)14-5-3-13(17)4-6-14)16(21)25-12(2)15(20)19-7-9-24-10-8-19/h3-6,11-12,18H,7-10H2,1-2H3. The number of amides is 1. The van der Waals surface area contributed by atoms with Crippen LogP contribution in [0, 0.1) is 0 Å². The van der Waals surface area contributed by atoms with Crippen LogP contribution in [0.2, 0.25) is 5.02 Å². The van der Waals surface area contributed by atoms with Gasteiger partial charge in [-0.25, -0.2) is 8.42 Å². The van der Waals surface area contributed by atoms with Gasteiger partial charge in [0.25, 0.3) is 5.91 Å². The fraction of sp³-hybridized carbons (Fsp3) is 0.500. The van der Waals surface area contributed by atoms with Gasteiger partial charge in [0.15, 0.2) is 6.10 Å². The van der Waals surface area contributed by atoms with E-state index < -0.39 is 28.1 Å². The zero-order valence-electron chi connectivity index (χ0n) is 14.5. The maximum atomic E-state index is 12.3. The first-order valence-corrected chi connectivity index (χ1v) is 9.92. The molecule has 1 heterocycles. The van der Waals surface area contributed by atoms with Gasteiger partial charge in [0.1, 0.15) is 6.04 Å². The third-order valence-corrected chi connectivity index (χ3v) is 5.58. The number of benzene rings is 1. The fourth-order valence-corrected chi connectivity index (χ4v) is 3.65. The van der Waals surface area contributed by atoms with Crippen LogP contribution in [0.1, 0.15) is 13.8 Å². The molecule has 1 fully saturated rings. The Hall–Kier alpha value is -1.68. The van der Waals surface area contributed by atoms with Crippen LogP contribution in [0.4, 0.5) is 0 Å². The molecule has 2 rings (SSSR count). The molecule has 1 saturated heterocycles. The molecule has 8 nitrogen and oxygen atoms in total. The molecule has 1 aromatic rings. The number of ether oxygens (including phenoxy) is 2. The van der Waals surface area contributed by atoms with Crippen molar-refractivity contribution in [3.05, 3.63) is 29.3 Å². The van der Waals surface area contributed by atoms with Gasteiger partial charge in [0, 0.05) is 18.1 Å². The first-order chi connectivity index (χ1) is 12.2. The number of morpholine rings is 1. The maximum Gasteiger partial charge on any atom is 0.324 e. The topological polar surface area (TPSA) is 102 Å². The molecule has 0 spiro atoms. The molecule has 1 N–H and O–H groups in total. The first-order valence-electron chi connectivity index (χ1n) is 8.05. The smallest absolute Gasteiger partial charge is 0.324 e. The lowest BCUT2D eigenvalue weighted by Gasteiger charge is -2.29. The number of carbonyl (C=O) groups is 2. The molecule has 0 aromatic heterocycles. The van der Waals surface area contributed by atoms with Crippen molar-refractivity contribution in [2.45, 2.75) is 30.9 Å². The summed E-state index contributed by atoms with van der Waals surface area (Å²) >= 11 is 5.74. The summed E-state index contributed by atoms with van der Waals surface area (Å²) in [5.41, 5.74) is 0. The van der Waals surface area contributed by atoms with E-state index in [1.54, 1.807) is 4.90 Å². The molecule has 10 heteroatoms. The van der Waals surface area contributed by atoms with E-state index in [1.165, 1.54) is 38.1 Å². The minimum Gasteiger partial charge on any atom is -0.451 e. The third-order valence-electron chi connectivity index (χ3n) is 3.77. The highest BCUT2D eigenvalue weighted by atomic mass is 35.5. The second-order valence-electron chi connectivity index (χ2n) is 5.81. The second-order valence-corrected chi connectivity index (χ2v) is 7.96. The summed E-state index contributed by atoms with van der Waals surface area (Å²) in [7, 11) is -3.92. The molecule has 2 atom stereocenters. The first kappa shape index (κ1) is 20.6. The summed E-state index contributed by atoms with van der Waals surface area (Å²) in [5, 5.41) is 0.395. The van der Waals surface area contributed by atoms with Crippen molar-refractivity contribution < 1.29 is 27.5 Å². The molecule has 0 aliphatic carbocycles. The predicted molar refractivity (Wildman–Crippen MR) is 94.2 cm³/mol. The Labute approximate surface area is 157 Å². The van der Waals surface area contributed by atoms with Crippen LogP contribution >= 0.6 is 11.6 Å². The van der Waals surface area contributed by atoms with Crippen molar-refractivity contribution in [1.82, 2.24) is 9.62 Å². The Bertz CT molecular complexity index is 747. The number of carbonyl (C=O) groups excluding carboxylic acids is 2. The van der Waals surface area contributed by atoms with Gasteiger partial charge in [0.2, 0.25) is 10.0 Å². The summed E-state index contributed by atoms with van der Waals surface area (Å²) in [6.07, 6.45) is -1.01. The SMILES string of the molecule is CC(NS(=O)(=O)c1ccc(Cl)cc1)C(=O)OC(C)C(=O)N1CCOCC1. The highest BCUT2D eigenvalue weighted by molar-refractivity contribution is 7.89. The lowest BCUT2D eigenvalue weighted by atomic mass is 10.3. The Morgan fingerprint density at radius 1 is 1.19 bits per heavy atom. The third kappa shape index (κ3) is 5.41. The number of esters is 1. The van der Waals surface area contributed by atoms with Gasteiger partial charge in [0.05, 0.1) is 18.1 Å². The Morgan fingerprint density at radius 3 is 2.35 bits per heavy atom. The monoisotopic (exact) mass is 404 g/mol. The Kier molecular flexibility index (Phi) is 6.99. The van der Waals surface area contributed by atoms with Crippen molar-refractivity contribution in [1.29, 1.82) is 0 Å². The zero-order valence-corrected chi connectivity index (χ0v) is 16.0. The van der Waals surface area contributed by atoms with Crippen molar-refractivity contribution in [3.8, 4) is 0 Å². The predicted octanol–water partition coefficient (Wildman–Crippen LogP) is 0.797. The van der Waals surface area contributed by atoms with Crippen LogP contribution in [0.15, 0.2) is 29.2 Å². The van der Waals surface area contributed by atoms with Crippen molar-refractivity contribution >= 4 is 33.5 Å². The minimum absolute atomic E-state index is 0.0287. The van der Waals surface area contributed by atoms with Crippen LogP contribution in [-0.2, 0) is 29.1 Å². The van der Waals surface area contributed by atoms with Gasteiger partial charge in [-0.2, -0.15) is 4.72 Å². The van der Waals surface area contributed by atoms with E-state index in [0.717, 1.165) is 0 Å². The molecule has 0 saturated carbocycles. The quantitative estimate of drug-likeness (QED) is 0.703. The largest absolute Gasteiger partial charge is 0.451 e. The molecule has 144 valence electrons. The number of halogens is 1. The highest BCUT2D eigenvalue weighted by Gasteiger charge is 2.29. The average Bonchev–Trinajstić information content (AvgIpc) is 2.61. The number of hydrogen-bond donors (Lipinski definition) is 1. The molecule has 0 radical (unpaired) electrons. The Balaban J connectivity index is 1.93. The molecule has 1 aromatic carbocycles. The summed E-state index contributed by atoms with van der Waals surface area (Å²) in [4.78, 5) is 25.9. The van der Waals surface area contributed by atoms with E-state index in [0.29, 0.717) is 31.3 Å². The van der Waals surface area contributed by atoms with Gasteiger partial charge in [-0.05, 0) is 38.1 Å². The van der Waals surface area contributed by atoms with Crippen molar-refractivity contribution in [2.75, 3.05) is 26.3 Å². The molecule has 1 amide bonds. The number of rotatable bonds is 6. The van der Waals surface area contributed by atoms with Crippen LogP contribution < -0.4 is 4.72 Å². The van der Waals surface area contributed by atoms with Crippen LogP contribution in [0.3, 0.4) is 0 Å². The summed E-state index contributed by atoms with van der Waals surface area (Å²) in [5.74, 6) is -1.17. The van der Waals surface area contributed by atoms with E-state index >= 15 is 0 Å². The average molecular weight is 405 g/mol. The van der Waals surface area contributed by atoms with Crippen LogP contribution in [-0.4, -0.2) is 63.6 Å². The molecule has 2 unspecified atom stereocenters. The van der Waals surface area contributed by atoms with Crippen LogP contribution in [0.25, 0.3) is 0 Å². The normalized spacial score (nSPS) is 17.4. The highest BCUT2D eigenvalue weighted by Crippen LogP contribution is 2.14. The fourth-order valence-electron chi connectivity index (χ4n) is 2.33. The number of nitrogens with one attached hydrogen (secondary N) is 1. The molecule has 0 bridgehead atoms. The molecular weight excluding hydrogens is 384 g/mol. The van der Waals surface area contributed by atoms with E-state index in [9.17, 15) is 18.0 Å². The van der Waals surface area contributed by atoms with E-state index in [1.807, 2.05) is 0 Å². The second kappa shape index (κ2) is 8.81. The number of hydrogen-bond acceptors (Lipinski definition) is 6. The van der Waals surface area contributed by atoms with Gasteiger partial charge < -0.3 is 14.4 Å². The lowest BCUT2D eigenvalue weighted by Crippen LogP contribution is -2.47. The minimum atomic E-state index is -3.92. The number of nitrogens with zero attached hydrogens (tertiary/aromatic N) is 1. The van der Waals surface area contributed by atoms with Gasteiger partial charge in [-0.1, -0.05) is 11.6 Å². The zero-order chi connectivity index (χ0) is 19.3. The molecule has 26 heavy (non-hydrogen) atoms. The summed E-state index contributed by atoms with van der Waals surface area (Å²) in [6, 6.07) is 4.36. The molecule has 1 aliphatic heterocycles. The van der Waals surface area contributed by atoms with E-state index in [-0.39, 0.29) is 10.8 Å². The number of sulfonamides is 1. The van der Waals surface area contributed by atoms with Crippen molar-refractivity contribution in [3.63, 3.8) is 0 Å². The molecular formula is C16H21ClN2O6S.